The Morgan fingerprint density at radius 2 is 1.75 bits per heavy atom. The SMILES string of the molecule is O=C(OCc1ccccc1)N1CCc2c(OCCN3CCCCC3)cccc21. The first-order valence-electron chi connectivity index (χ1n) is 10.3. The Balaban J connectivity index is 1.34. The van der Waals surface area contributed by atoms with Gasteiger partial charge >= 0.3 is 6.09 Å². The molecule has 1 saturated heterocycles. The number of ether oxygens (including phenoxy) is 2. The van der Waals surface area contributed by atoms with Crippen LogP contribution in [-0.4, -0.2) is 43.8 Å². The molecule has 0 aliphatic carbocycles. The molecular formula is C23H28N2O3. The van der Waals surface area contributed by atoms with Crippen molar-refractivity contribution in [3.63, 3.8) is 0 Å². The van der Waals surface area contributed by atoms with Gasteiger partial charge in [-0.2, -0.15) is 0 Å². The molecule has 0 unspecified atom stereocenters. The van der Waals surface area contributed by atoms with Crippen LogP contribution in [0.5, 0.6) is 5.75 Å². The predicted octanol–water partition coefficient (Wildman–Crippen LogP) is 4.25. The van der Waals surface area contributed by atoms with E-state index < -0.39 is 0 Å². The molecule has 0 aromatic heterocycles. The summed E-state index contributed by atoms with van der Waals surface area (Å²) in [5.41, 5.74) is 3.01. The topological polar surface area (TPSA) is 42.0 Å². The van der Waals surface area contributed by atoms with Crippen LogP contribution in [0.25, 0.3) is 0 Å². The van der Waals surface area contributed by atoms with Gasteiger partial charge in [-0.05, 0) is 50.0 Å². The van der Waals surface area contributed by atoms with Crippen molar-refractivity contribution in [3.8, 4) is 5.75 Å². The van der Waals surface area contributed by atoms with Gasteiger partial charge in [0.1, 0.15) is 19.0 Å². The molecule has 148 valence electrons. The van der Waals surface area contributed by atoms with Crippen LogP contribution in [0.2, 0.25) is 0 Å². The summed E-state index contributed by atoms with van der Waals surface area (Å²) < 4.78 is 11.6. The van der Waals surface area contributed by atoms with Gasteiger partial charge in [0.2, 0.25) is 0 Å². The summed E-state index contributed by atoms with van der Waals surface area (Å²) in [6.07, 6.45) is 4.44. The van der Waals surface area contributed by atoms with E-state index in [1.165, 1.54) is 32.4 Å². The van der Waals surface area contributed by atoms with E-state index in [4.69, 9.17) is 9.47 Å². The normalized spacial score (nSPS) is 16.6. The maximum Gasteiger partial charge on any atom is 0.414 e. The monoisotopic (exact) mass is 380 g/mol. The lowest BCUT2D eigenvalue weighted by molar-refractivity contribution is 0.147. The van der Waals surface area contributed by atoms with Crippen LogP contribution in [0.15, 0.2) is 48.5 Å². The third-order valence-corrected chi connectivity index (χ3v) is 5.52. The van der Waals surface area contributed by atoms with E-state index >= 15 is 0 Å². The minimum Gasteiger partial charge on any atom is -0.492 e. The Morgan fingerprint density at radius 1 is 0.929 bits per heavy atom. The van der Waals surface area contributed by atoms with E-state index in [2.05, 4.69) is 4.90 Å². The highest BCUT2D eigenvalue weighted by Crippen LogP contribution is 2.35. The van der Waals surface area contributed by atoms with Gasteiger partial charge < -0.3 is 9.47 Å². The van der Waals surface area contributed by atoms with Crippen LogP contribution in [0, 0.1) is 0 Å². The van der Waals surface area contributed by atoms with Gasteiger partial charge in [-0.25, -0.2) is 4.79 Å². The van der Waals surface area contributed by atoms with E-state index in [0.717, 1.165) is 35.5 Å². The molecular weight excluding hydrogens is 352 g/mol. The van der Waals surface area contributed by atoms with Gasteiger partial charge in [0.25, 0.3) is 0 Å². The van der Waals surface area contributed by atoms with E-state index in [1.807, 2.05) is 48.5 Å². The molecule has 1 fully saturated rings. The maximum absolute atomic E-state index is 12.6. The number of carbonyl (C=O) groups excluding carboxylic acids is 1. The molecule has 2 aromatic carbocycles. The lowest BCUT2D eigenvalue weighted by Gasteiger charge is -2.26. The van der Waals surface area contributed by atoms with Gasteiger partial charge in [0.15, 0.2) is 0 Å². The van der Waals surface area contributed by atoms with E-state index in [1.54, 1.807) is 4.90 Å². The van der Waals surface area contributed by atoms with Crippen molar-refractivity contribution in [3.05, 3.63) is 59.7 Å². The fraction of sp³-hybridized carbons (Fsp3) is 0.435. The number of amides is 1. The first-order chi connectivity index (χ1) is 13.8. The Morgan fingerprint density at radius 3 is 2.57 bits per heavy atom. The largest absolute Gasteiger partial charge is 0.492 e. The Bertz CT molecular complexity index is 788. The standard InChI is InChI=1S/C23H28N2O3/c26-23(28-18-19-8-3-1-4-9-19)25-15-12-20-21(25)10-7-11-22(20)27-17-16-24-13-5-2-6-14-24/h1,3-4,7-11H,2,5-6,12-18H2. The second-order valence-corrected chi connectivity index (χ2v) is 7.45. The van der Waals surface area contributed by atoms with Crippen molar-refractivity contribution in [2.75, 3.05) is 37.7 Å². The third kappa shape index (κ3) is 4.47. The fourth-order valence-electron chi connectivity index (χ4n) is 3.99. The number of fused-ring (bicyclic) bond motifs is 1. The average molecular weight is 380 g/mol. The minimum absolute atomic E-state index is 0.289. The molecule has 2 aliphatic rings. The summed E-state index contributed by atoms with van der Waals surface area (Å²) >= 11 is 0. The molecule has 2 aliphatic heterocycles. The zero-order valence-electron chi connectivity index (χ0n) is 16.3. The zero-order chi connectivity index (χ0) is 19.2. The number of piperidine rings is 1. The molecule has 0 radical (unpaired) electrons. The Labute approximate surface area is 166 Å². The fourth-order valence-corrected chi connectivity index (χ4v) is 3.99. The van der Waals surface area contributed by atoms with Crippen molar-refractivity contribution in [1.82, 2.24) is 4.90 Å². The molecule has 2 aromatic rings. The van der Waals surface area contributed by atoms with Crippen LogP contribution in [0.1, 0.15) is 30.4 Å². The number of hydrogen-bond acceptors (Lipinski definition) is 4. The lowest BCUT2D eigenvalue weighted by Crippen LogP contribution is -2.33. The maximum atomic E-state index is 12.6. The first kappa shape index (κ1) is 18.8. The second kappa shape index (κ2) is 9.11. The van der Waals surface area contributed by atoms with Crippen LogP contribution >= 0.6 is 0 Å². The summed E-state index contributed by atoms with van der Waals surface area (Å²) in [5, 5.41) is 0. The van der Waals surface area contributed by atoms with Crippen molar-refractivity contribution < 1.29 is 14.3 Å². The van der Waals surface area contributed by atoms with Crippen LogP contribution in [0.4, 0.5) is 10.5 Å². The molecule has 0 bridgehead atoms. The van der Waals surface area contributed by atoms with Gasteiger partial charge in [-0.1, -0.05) is 42.8 Å². The van der Waals surface area contributed by atoms with E-state index in [9.17, 15) is 4.79 Å². The van der Waals surface area contributed by atoms with Crippen LogP contribution < -0.4 is 9.64 Å². The summed E-state index contributed by atoms with van der Waals surface area (Å²) in [6, 6.07) is 15.7. The van der Waals surface area contributed by atoms with Crippen molar-refractivity contribution >= 4 is 11.8 Å². The molecule has 5 nitrogen and oxygen atoms in total. The highest BCUT2D eigenvalue weighted by atomic mass is 16.6. The van der Waals surface area contributed by atoms with Crippen LogP contribution in [0.3, 0.4) is 0 Å². The predicted molar refractivity (Wildman–Crippen MR) is 110 cm³/mol. The lowest BCUT2D eigenvalue weighted by atomic mass is 10.1. The summed E-state index contributed by atoms with van der Waals surface area (Å²) in [4.78, 5) is 16.8. The highest BCUT2D eigenvalue weighted by molar-refractivity contribution is 5.91. The first-order valence-corrected chi connectivity index (χ1v) is 10.3. The Kier molecular flexibility index (Phi) is 6.12. The number of nitrogens with zero attached hydrogens (tertiary/aromatic N) is 2. The number of anilines is 1. The quantitative estimate of drug-likeness (QED) is 0.751. The minimum atomic E-state index is -0.298. The molecule has 1 amide bonds. The summed E-state index contributed by atoms with van der Waals surface area (Å²) in [5.74, 6) is 0.896. The van der Waals surface area contributed by atoms with Crippen molar-refractivity contribution in [2.24, 2.45) is 0 Å². The zero-order valence-corrected chi connectivity index (χ0v) is 16.3. The summed E-state index contributed by atoms with van der Waals surface area (Å²) in [7, 11) is 0. The molecule has 5 heteroatoms. The highest BCUT2D eigenvalue weighted by Gasteiger charge is 2.28. The number of benzene rings is 2. The molecule has 4 rings (SSSR count). The van der Waals surface area contributed by atoms with Gasteiger partial charge in [0, 0.05) is 18.7 Å². The molecule has 0 saturated carbocycles. The number of carbonyl (C=O) groups is 1. The summed E-state index contributed by atoms with van der Waals surface area (Å²) in [6.45, 7) is 4.93. The second-order valence-electron chi connectivity index (χ2n) is 7.45. The van der Waals surface area contributed by atoms with Crippen LogP contribution in [-0.2, 0) is 17.8 Å². The molecule has 2 heterocycles. The van der Waals surface area contributed by atoms with Crippen molar-refractivity contribution in [2.45, 2.75) is 32.3 Å². The van der Waals surface area contributed by atoms with Crippen molar-refractivity contribution in [1.29, 1.82) is 0 Å². The van der Waals surface area contributed by atoms with Gasteiger partial charge in [-0.15, -0.1) is 0 Å². The van der Waals surface area contributed by atoms with E-state index in [0.29, 0.717) is 13.2 Å². The molecule has 0 spiro atoms. The number of likely N-dealkylation sites (tertiary alicyclic amines) is 1. The smallest absolute Gasteiger partial charge is 0.414 e. The number of hydrogen-bond donors (Lipinski definition) is 0. The molecule has 28 heavy (non-hydrogen) atoms. The average Bonchev–Trinajstić information content (AvgIpc) is 3.19. The Hall–Kier alpha value is -2.53. The molecule has 0 N–H and O–H groups in total. The number of rotatable bonds is 6. The van der Waals surface area contributed by atoms with E-state index in [-0.39, 0.29) is 12.7 Å². The molecule has 0 atom stereocenters. The van der Waals surface area contributed by atoms with Gasteiger partial charge in [-0.3, -0.25) is 9.80 Å². The van der Waals surface area contributed by atoms with Gasteiger partial charge in [0.05, 0.1) is 5.69 Å². The third-order valence-electron chi connectivity index (χ3n) is 5.52.